The maximum atomic E-state index is 12.4. The Balaban J connectivity index is 1.59. The summed E-state index contributed by atoms with van der Waals surface area (Å²) in [6, 6.07) is 4.91. The molecule has 0 saturated carbocycles. The highest BCUT2D eigenvalue weighted by Crippen LogP contribution is 2.34. The minimum absolute atomic E-state index is 0.0616. The van der Waals surface area contributed by atoms with Crippen LogP contribution < -0.4 is 15.8 Å². The quantitative estimate of drug-likeness (QED) is 0.257. The number of thioether (sulfide) groups is 1. The zero-order valence-electron chi connectivity index (χ0n) is 20.6. The minimum atomic E-state index is -4.26. The second-order valence-electron chi connectivity index (χ2n) is 8.80. The van der Waals surface area contributed by atoms with Crippen LogP contribution >= 0.6 is 11.8 Å². The van der Waals surface area contributed by atoms with Crippen LogP contribution in [0.2, 0.25) is 0 Å². The van der Waals surface area contributed by atoms with E-state index in [1.54, 1.807) is 24.5 Å². The molecule has 0 radical (unpaired) electrons. The molecule has 0 amide bonds. The molecule has 4 rings (SSSR count). The third kappa shape index (κ3) is 6.24. The van der Waals surface area contributed by atoms with E-state index < -0.39 is 11.5 Å². The first-order chi connectivity index (χ1) is 17.6. The van der Waals surface area contributed by atoms with Gasteiger partial charge in [-0.05, 0) is 48.9 Å². The molecule has 3 aromatic rings. The monoisotopic (exact) mass is 535 g/mol. The molecule has 8 nitrogen and oxygen atoms in total. The van der Waals surface area contributed by atoms with Crippen molar-refractivity contribution in [1.29, 1.82) is 0 Å². The number of fused-ring (bicyclic) bond motifs is 2. The summed E-state index contributed by atoms with van der Waals surface area (Å²) < 4.78 is 48.1. The van der Waals surface area contributed by atoms with Gasteiger partial charge in [-0.15, -0.1) is 0 Å². The highest BCUT2D eigenvalue weighted by Gasteiger charge is 2.31. The smallest absolute Gasteiger partial charge is 0.441 e. The molecular weight excluding hydrogens is 507 g/mol. The number of carbonyl (C=O) groups is 1. The average Bonchev–Trinajstić information content (AvgIpc) is 2.85. The number of hydrogen-bond donors (Lipinski definition) is 2. The van der Waals surface area contributed by atoms with Crippen molar-refractivity contribution >= 4 is 40.1 Å². The van der Waals surface area contributed by atoms with E-state index in [4.69, 9.17) is 15.2 Å². The summed E-state index contributed by atoms with van der Waals surface area (Å²) >= 11 is -0.0758. The lowest BCUT2D eigenvalue weighted by atomic mass is 9.94. The standard InChI is InChI=1S/C25H28F3N5O3S/c1-4-19(29)17-11-31-23(35-8-5-9-37-25(26,27)28)18-12-30-21(10-16(17)18)32-20-7-6-15-22(33-20)13(2)14(3)36-24(15)34/h6-7,10-14,19H,4-5,8-9,29H2,1-3H3,(H,30,32,33)/t13-,14?,19?/m0/s1. The summed E-state index contributed by atoms with van der Waals surface area (Å²) in [6.07, 6.45) is 3.83. The van der Waals surface area contributed by atoms with Gasteiger partial charge in [0.05, 0.1) is 23.3 Å². The molecule has 2 unspecified atom stereocenters. The molecule has 1 aliphatic heterocycles. The van der Waals surface area contributed by atoms with Gasteiger partial charge in [-0.2, -0.15) is 13.2 Å². The Kier molecular flexibility index (Phi) is 8.08. The lowest BCUT2D eigenvalue weighted by Gasteiger charge is -2.27. The number of cyclic esters (lactones) is 1. The van der Waals surface area contributed by atoms with Gasteiger partial charge in [0, 0.05) is 30.1 Å². The van der Waals surface area contributed by atoms with E-state index in [0.717, 1.165) is 10.9 Å². The first kappa shape index (κ1) is 26.9. The third-order valence-electron chi connectivity index (χ3n) is 6.23. The number of esters is 1. The van der Waals surface area contributed by atoms with Crippen molar-refractivity contribution in [3.05, 3.63) is 47.4 Å². The highest BCUT2D eigenvalue weighted by atomic mass is 32.2. The second kappa shape index (κ2) is 11.1. The average molecular weight is 536 g/mol. The van der Waals surface area contributed by atoms with Crippen molar-refractivity contribution in [2.45, 2.75) is 57.2 Å². The topological polar surface area (TPSA) is 112 Å². The van der Waals surface area contributed by atoms with Gasteiger partial charge in [-0.3, -0.25) is 0 Å². The zero-order valence-corrected chi connectivity index (χ0v) is 21.4. The van der Waals surface area contributed by atoms with Crippen LogP contribution in [-0.2, 0) is 4.74 Å². The summed E-state index contributed by atoms with van der Waals surface area (Å²) in [5, 5.41) is 4.57. The molecule has 37 heavy (non-hydrogen) atoms. The molecule has 0 bridgehead atoms. The number of rotatable bonds is 9. The van der Waals surface area contributed by atoms with E-state index in [1.807, 2.05) is 26.8 Å². The number of nitrogens with two attached hydrogens (primary N) is 1. The number of anilines is 2. The van der Waals surface area contributed by atoms with Crippen LogP contribution in [0.4, 0.5) is 24.8 Å². The molecule has 198 valence electrons. The van der Waals surface area contributed by atoms with Gasteiger partial charge < -0.3 is 20.5 Å². The molecule has 3 atom stereocenters. The van der Waals surface area contributed by atoms with Gasteiger partial charge in [0.25, 0.3) is 0 Å². The number of carbonyl (C=O) groups excluding carboxylic acids is 1. The Labute approximate surface area is 216 Å². The van der Waals surface area contributed by atoms with E-state index >= 15 is 0 Å². The number of pyridine rings is 3. The van der Waals surface area contributed by atoms with Gasteiger partial charge in [-0.1, -0.05) is 25.6 Å². The Bertz CT molecular complexity index is 1290. The third-order valence-corrected chi connectivity index (χ3v) is 7.05. The van der Waals surface area contributed by atoms with Crippen molar-refractivity contribution in [2.24, 2.45) is 5.73 Å². The largest absolute Gasteiger partial charge is 0.477 e. The van der Waals surface area contributed by atoms with Gasteiger partial charge in [0.1, 0.15) is 17.7 Å². The predicted molar refractivity (Wildman–Crippen MR) is 136 cm³/mol. The summed E-state index contributed by atoms with van der Waals surface area (Å²) in [5.41, 5.74) is 3.96. The summed E-state index contributed by atoms with van der Waals surface area (Å²) in [7, 11) is 0. The van der Waals surface area contributed by atoms with Crippen LogP contribution in [0, 0.1) is 0 Å². The summed E-state index contributed by atoms with van der Waals surface area (Å²) in [6.45, 7) is 5.83. The normalized spacial score (nSPS) is 18.3. The van der Waals surface area contributed by atoms with E-state index in [2.05, 4.69) is 20.3 Å². The fraction of sp³-hybridized carbons (Fsp3) is 0.440. The number of ether oxygens (including phenoxy) is 2. The van der Waals surface area contributed by atoms with E-state index in [1.165, 1.54) is 0 Å². The fourth-order valence-corrected chi connectivity index (χ4v) is 4.49. The molecular formula is C25H28F3N5O3S. The van der Waals surface area contributed by atoms with Crippen LogP contribution in [0.1, 0.15) is 67.2 Å². The fourth-order valence-electron chi connectivity index (χ4n) is 4.00. The number of nitrogens with zero attached hydrogens (tertiary/aromatic N) is 3. The predicted octanol–water partition coefficient (Wildman–Crippen LogP) is 5.86. The number of alkyl halides is 3. The molecule has 3 N–H and O–H groups in total. The lowest BCUT2D eigenvalue weighted by molar-refractivity contribution is -0.0328. The van der Waals surface area contributed by atoms with Crippen LogP contribution in [0.25, 0.3) is 10.8 Å². The van der Waals surface area contributed by atoms with Crippen LogP contribution in [0.15, 0.2) is 30.6 Å². The Morgan fingerprint density at radius 3 is 2.70 bits per heavy atom. The molecule has 12 heteroatoms. The van der Waals surface area contributed by atoms with E-state index in [-0.39, 0.29) is 54.5 Å². The second-order valence-corrected chi connectivity index (χ2v) is 9.96. The maximum absolute atomic E-state index is 12.4. The Morgan fingerprint density at radius 2 is 1.97 bits per heavy atom. The SMILES string of the molecule is CCC(N)c1cnc(OCCCSC(F)(F)F)c2cnc(Nc3ccc4c(n3)[C@@H](C)C(C)OC4=O)cc12. The number of nitrogens with one attached hydrogen (secondary N) is 1. The van der Waals surface area contributed by atoms with E-state index in [0.29, 0.717) is 34.7 Å². The number of hydrogen-bond acceptors (Lipinski definition) is 9. The van der Waals surface area contributed by atoms with Gasteiger partial charge in [0.2, 0.25) is 5.88 Å². The minimum Gasteiger partial charge on any atom is -0.477 e. The lowest BCUT2D eigenvalue weighted by Crippen LogP contribution is -2.29. The molecule has 0 aliphatic carbocycles. The van der Waals surface area contributed by atoms with Crippen molar-refractivity contribution in [1.82, 2.24) is 15.0 Å². The molecule has 0 aromatic carbocycles. The molecule has 4 heterocycles. The van der Waals surface area contributed by atoms with Crippen molar-refractivity contribution in [2.75, 3.05) is 17.7 Å². The van der Waals surface area contributed by atoms with Crippen molar-refractivity contribution in [3.63, 3.8) is 0 Å². The highest BCUT2D eigenvalue weighted by molar-refractivity contribution is 8.00. The summed E-state index contributed by atoms with van der Waals surface area (Å²) in [4.78, 5) is 25.7. The van der Waals surface area contributed by atoms with E-state index in [9.17, 15) is 18.0 Å². The Morgan fingerprint density at radius 1 is 1.19 bits per heavy atom. The number of aromatic nitrogens is 3. The molecule has 1 aliphatic rings. The van der Waals surface area contributed by atoms with Crippen molar-refractivity contribution < 1.29 is 27.4 Å². The van der Waals surface area contributed by atoms with Crippen LogP contribution in [0.5, 0.6) is 5.88 Å². The molecule has 0 fully saturated rings. The Hall–Kier alpha value is -3.12. The number of halogens is 3. The van der Waals surface area contributed by atoms with Gasteiger partial charge >= 0.3 is 11.5 Å². The molecule has 0 spiro atoms. The molecule has 0 saturated heterocycles. The summed E-state index contributed by atoms with van der Waals surface area (Å²) in [5.74, 6) is 0.754. The zero-order chi connectivity index (χ0) is 26.7. The maximum Gasteiger partial charge on any atom is 0.441 e. The molecule has 3 aromatic heterocycles. The van der Waals surface area contributed by atoms with Gasteiger partial charge in [0.15, 0.2) is 0 Å². The van der Waals surface area contributed by atoms with Crippen molar-refractivity contribution in [3.8, 4) is 5.88 Å². The van der Waals surface area contributed by atoms with Crippen LogP contribution in [-0.4, -0.2) is 44.9 Å². The first-order valence-electron chi connectivity index (χ1n) is 11.9. The first-order valence-corrected chi connectivity index (χ1v) is 12.9. The van der Waals surface area contributed by atoms with Crippen LogP contribution in [0.3, 0.4) is 0 Å². The van der Waals surface area contributed by atoms with Gasteiger partial charge in [-0.25, -0.2) is 19.7 Å².